The van der Waals surface area contributed by atoms with E-state index in [0.29, 0.717) is 0 Å². The topological polar surface area (TPSA) is 71.3 Å². The van der Waals surface area contributed by atoms with Gasteiger partial charge in [0.2, 0.25) is 0 Å². The lowest BCUT2D eigenvalue weighted by molar-refractivity contribution is -0.167. The van der Waals surface area contributed by atoms with Crippen molar-refractivity contribution in [2.75, 3.05) is 13.7 Å². The van der Waals surface area contributed by atoms with Crippen molar-refractivity contribution in [3.8, 4) is 0 Å². The second-order valence-electron chi connectivity index (χ2n) is 3.74. The predicted octanol–water partition coefficient (Wildman–Crippen LogP) is -0.387. The van der Waals surface area contributed by atoms with Crippen LogP contribution in [0.5, 0.6) is 0 Å². The number of methoxy groups -OCH3 is 1. The van der Waals surface area contributed by atoms with E-state index >= 15 is 0 Å². The lowest BCUT2D eigenvalue weighted by Crippen LogP contribution is -2.55. The van der Waals surface area contributed by atoms with E-state index in [-0.39, 0.29) is 18.1 Å². The third-order valence-corrected chi connectivity index (χ3v) is 3.69. The van der Waals surface area contributed by atoms with Crippen LogP contribution in [0.1, 0.15) is 6.92 Å². The van der Waals surface area contributed by atoms with Crippen molar-refractivity contribution in [2.24, 2.45) is 4.99 Å². The van der Waals surface area contributed by atoms with Crippen molar-refractivity contribution in [1.82, 2.24) is 0 Å². The van der Waals surface area contributed by atoms with Gasteiger partial charge < -0.3 is 19.7 Å². The maximum atomic E-state index is 9.86. The summed E-state index contributed by atoms with van der Waals surface area (Å²) in [4.78, 5) is 4.24. The summed E-state index contributed by atoms with van der Waals surface area (Å²) in [6.45, 7) is 2.15. The molecule has 2 rings (SSSR count). The molecule has 0 radical (unpaired) electrons. The minimum Gasteiger partial charge on any atom is -0.388 e. The van der Waals surface area contributed by atoms with Gasteiger partial charge in [0.15, 0.2) is 0 Å². The number of hydrogen-bond donors (Lipinski definition) is 2. The smallest absolute Gasteiger partial charge is 0.134 e. The van der Waals surface area contributed by atoms with Gasteiger partial charge in [-0.15, -0.1) is 0 Å². The van der Waals surface area contributed by atoms with Crippen LogP contribution in [0.4, 0.5) is 0 Å². The Bertz CT molecular complexity index is 273. The molecule has 0 bridgehead atoms. The minimum absolute atomic E-state index is 0.191. The van der Waals surface area contributed by atoms with Crippen molar-refractivity contribution >= 4 is 16.8 Å². The average Bonchev–Trinajstić information content (AvgIpc) is 2.56. The van der Waals surface area contributed by atoms with Gasteiger partial charge in [0.1, 0.15) is 29.8 Å². The van der Waals surface area contributed by atoms with E-state index in [1.54, 1.807) is 0 Å². The number of ether oxygens (including phenoxy) is 2. The number of nitrogens with zero attached hydrogens (tertiary/aromatic N) is 1. The van der Waals surface area contributed by atoms with Crippen molar-refractivity contribution in [3.63, 3.8) is 0 Å². The van der Waals surface area contributed by atoms with Gasteiger partial charge in [0, 0.05) is 7.11 Å². The Kier molecular flexibility index (Phi) is 3.32. The Morgan fingerprint density at radius 3 is 2.87 bits per heavy atom. The van der Waals surface area contributed by atoms with Crippen LogP contribution in [0.25, 0.3) is 0 Å². The lowest BCUT2D eigenvalue weighted by atomic mass is 9.99. The SMILES string of the molecule is COC[C@H]1O[C@@H]2SC(C)=N[C@@H]2[C@@H](O)[C@@H]1O. The molecule has 0 saturated carbocycles. The molecule has 86 valence electrons. The molecule has 0 spiro atoms. The van der Waals surface area contributed by atoms with E-state index < -0.39 is 18.3 Å². The molecular formula is C9H15NO4S. The first kappa shape index (κ1) is 11.3. The van der Waals surface area contributed by atoms with Crippen LogP contribution < -0.4 is 0 Å². The first-order chi connectivity index (χ1) is 7.13. The highest BCUT2D eigenvalue weighted by atomic mass is 32.2. The zero-order valence-electron chi connectivity index (χ0n) is 8.66. The first-order valence-corrected chi connectivity index (χ1v) is 5.73. The van der Waals surface area contributed by atoms with Gasteiger partial charge in [-0.3, -0.25) is 4.99 Å². The van der Waals surface area contributed by atoms with Gasteiger partial charge in [-0.2, -0.15) is 0 Å². The van der Waals surface area contributed by atoms with Gasteiger partial charge in [0.05, 0.1) is 11.7 Å². The highest BCUT2D eigenvalue weighted by Gasteiger charge is 2.47. The molecular weight excluding hydrogens is 218 g/mol. The Balaban J connectivity index is 2.09. The van der Waals surface area contributed by atoms with Crippen LogP contribution in [0.2, 0.25) is 0 Å². The molecule has 2 heterocycles. The molecule has 1 saturated heterocycles. The van der Waals surface area contributed by atoms with Crippen LogP contribution in [0.3, 0.4) is 0 Å². The Labute approximate surface area is 92.5 Å². The van der Waals surface area contributed by atoms with E-state index in [4.69, 9.17) is 9.47 Å². The summed E-state index contributed by atoms with van der Waals surface area (Å²) in [5, 5.41) is 20.5. The van der Waals surface area contributed by atoms with Crippen LogP contribution >= 0.6 is 11.8 Å². The summed E-state index contributed by atoms with van der Waals surface area (Å²) in [6, 6.07) is -0.349. The van der Waals surface area contributed by atoms with Crippen molar-refractivity contribution in [3.05, 3.63) is 0 Å². The van der Waals surface area contributed by atoms with Crippen LogP contribution in [-0.4, -0.2) is 58.8 Å². The number of aliphatic hydroxyl groups excluding tert-OH is 2. The molecule has 0 aromatic rings. The van der Waals surface area contributed by atoms with E-state index in [1.807, 2.05) is 6.92 Å². The molecule has 0 unspecified atom stereocenters. The maximum absolute atomic E-state index is 9.86. The second kappa shape index (κ2) is 4.39. The summed E-state index contributed by atoms with van der Waals surface area (Å²) >= 11 is 1.49. The normalized spacial score (nSPS) is 45.1. The lowest BCUT2D eigenvalue weighted by Gasteiger charge is -2.37. The zero-order valence-corrected chi connectivity index (χ0v) is 9.48. The van der Waals surface area contributed by atoms with Crippen LogP contribution in [0, 0.1) is 0 Å². The van der Waals surface area contributed by atoms with Crippen molar-refractivity contribution in [2.45, 2.75) is 36.7 Å². The third kappa shape index (κ3) is 2.05. The third-order valence-electron chi connectivity index (χ3n) is 2.62. The van der Waals surface area contributed by atoms with E-state index in [9.17, 15) is 10.2 Å². The molecule has 0 aliphatic carbocycles. The molecule has 2 aliphatic rings. The molecule has 0 aromatic carbocycles. The fourth-order valence-electron chi connectivity index (χ4n) is 1.86. The number of hydrogen-bond acceptors (Lipinski definition) is 6. The predicted molar refractivity (Wildman–Crippen MR) is 57.0 cm³/mol. The first-order valence-electron chi connectivity index (χ1n) is 4.85. The minimum atomic E-state index is -0.929. The maximum Gasteiger partial charge on any atom is 0.134 e. The summed E-state index contributed by atoms with van der Waals surface area (Å²) in [5.41, 5.74) is -0.191. The zero-order chi connectivity index (χ0) is 11.0. The number of fused-ring (bicyclic) bond motifs is 1. The Hall–Kier alpha value is -0.140. The van der Waals surface area contributed by atoms with Gasteiger partial charge in [-0.25, -0.2) is 0 Å². The molecule has 15 heavy (non-hydrogen) atoms. The molecule has 0 amide bonds. The molecule has 2 N–H and O–H groups in total. The molecule has 1 fully saturated rings. The summed E-state index contributed by atoms with van der Waals surface area (Å²) in [6.07, 6.45) is -2.27. The van der Waals surface area contributed by atoms with Crippen molar-refractivity contribution in [1.29, 1.82) is 0 Å². The van der Waals surface area contributed by atoms with Crippen LogP contribution in [0.15, 0.2) is 4.99 Å². The molecule has 5 atom stereocenters. The van der Waals surface area contributed by atoms with Gasteiger partial charge in [0.25, 0.3) is 0 Å². The van der Waals surface area contributed by atoms with Gasteiger partial charge in [-0.1, -0.05) is 11.8 Å². The average molecular weight is 233 g/mol. The Morgan fingerprint density at radius 1 is 1.47 bits per heavy atom. The number of aliphatic imine (C=N–C) groups is 1. The monoisotopic (exact) mass is 233 g/mol. The molecule has 5 nitrogen and oxygen atoms in total. The summed E-state index contributed by atoms with van der Waals surface area (Å²) in [5.74, 6) is 0. The number of aliphatic hydroxyl groups is 2. The van der Waals surface area contributed by atoms with Gasteiger partial charge >= 0.3 is 0 Å². The standard InChI is InChI=1S/C9H15NO4S/c1-4-10-6-8(12)7(11)5(3-13-2)14-9(6)15-4/h5-9,11-12H,3H2,1-2H3/t5-,6-,7-,8-,9-/m1/s1. The Morgan fingerprint density at radius 2 is 2.20 bits per heavy atom. The summed E-state index contributed by atoms with van der Waals surface area (Å²) in [7, 11) is 1.54. The molecule has 0 aromatic heterocycles. The fraction of sp³-hybridized carbons (Fsp3) is 0.889. The van der Waals surface area contributed by atoms with Crippen LogP contribution in [-0.2, 0) is 9.47 Å². The molecule has 6 heteroatoms. The largest absolute Gasteiger partial charge is 0.388 e. The number of thioether (sulfide) groups is 1. The van der Waals surface area contributed by atoms with E-state index in [1.165, 1.54) is 18.9 Å². The number of rotatable bonds is 2. The van der Waals surface area contributed by atoms with E-state index in [2.05, 4.69) is 4.99 Å². The fourth-order valence-corrected chi connectivity index (χ4v) is 2.94. The van der Waals surface area contributed by atoms with Gasteiger partial charge in [-0.05, 0) is 6.92 Å². The highest BCUT2D eigenvalue weighted by Crippen LogP contribution is 2.36. The molecule has 2 aliphatic heterocycles. The quantitative estimate of drug-likeness (QED) is 0.680. The highest BCUT2D eigenvalue weighted by molar-refractivity contribution is 8.14. The second-order valence-corrected chi connectivity index (χ2v) is 5.03. The van der Waals surface area contributed by atoms with E-state index in [0.717, 1.165) is 5.04 Å². The van der Waals surface area contributed by atoms with Crippen molar-refractivity contribution < 1.29 is 19.7 Å². The summed E-state index contributed by atoms with van der Waals surface area (Å²) < 4.78 is 10.5.